The molecule has 0 fully saturated rings. The van der Waals surface area contributed by atoms with Gasteiger partial charge in [-0.15, -0.1) is 10.2 Å². The number of rotatable bonds is 7. The molecule has 17 heteroatoms. The second-order valence-electron chi connectivity index (χ2n) is 7.63. The Hall–Kier alpha value is -3.93. The molecule has 2 aromatic carbocycles. The molecule has 4 aromatic rings. The smallest absolute Gasteiger partial charge is 0.265 e. The second-order valence-corrected chi connectivity index (χ2v) is 10.8. The van der Waals surface area contributed by atoms with Crippen molar-refractivity contribution in [1.29, 1.82) is 0 Å². The molecule has 9 N–H and O–H groups in total. The van der Waals surface area contributed by atoms with Crippen molar-refractivity contribution >= 4 is 42.9 Å². The van der Waals surface area contributed by atoms with Crippen LogP contribution in [0.4, 0.5) is 5.95 Å². The molecule has 0 saturated heterocycles. The predicted octanol–water partition coefficient (Wildman–Crippen LogP) is -0.818. The summed E-state index contributed by atoms with van der Waals surface area (Å²) in [5.74, 6) is -1.08. The molecule has 0 bridgehead atoms. The van der Waals surface area contributed by atoms with E-state index < -0.39 is 41.8 Å². The first-order chi connectivity index (χ1) is 16.4. The summed E-state index contributed by atoms with van der Waals surface area (Å²) >= 11 is 0. The molecular formula is C18H20N10O5S2. The molecule has 35 heavy (non-hydrogen) atoms. The van der Waals surface area contributed by atoms with Gasteiger partial charge in [0.05, 0.1) is 16.6 Å². The fourth-order valence-corrected chi connectivity index (χ4v) is 6.18. The summed E-state index contributed by atoms with van der Waals surface area (Å²) < 4.78 is 53.6. The molecule has 4 rings (SSSR count). The average Bonchev–Trinajstić information content (AvgIpc) is 3.39. The highest BCUT2D eigenvalue weighted by Crippen LogP contribution is 2.40. The van der Waals surface area contributed by atoms with Crippen LogP contribution in [-0.4, -0.2) is 59.4 Å². The van der Waals surface area contributed by atoms with Crippen LogP contribution >= 0.6 is 0 Å². The van der Waals surface area contributed by atoms with E-state index in [2.05, 4.69) is 30.6 Å². The Morgan fingerprint density at radius 1 is 1.14 bits per heavy atom. The van der Waals surface area contributed by atoms with Crippen LogP contribution in [0.3, 0.4) is 0 Å². The predicted molar refractivity (Wildman–Crippen MR) is 124 cm³/mol. The Labute approximate surface area is 198 Å². The molecule has 0 saturated carbocycles. The first-order valence-corrected chi connectivity index (χ1v) is 12.9. The topological polar surface area (TPSA) is 259 Å². The highest BCUT2D eigenvalue weighted by atomic mass is 32.2. The summed E-state index contributed by atoms with van der Waals surface area (Å²) in [6, 6.07) is 6.67. The van der Waals surface area contributed by atoms with Crippen molar-refractivity contribution in [2.75, 3.05) is 5.73 Å². The number of amides is 1. The molecular weight excluding hydrogens is 500 g/mol. The van der Waals surface area contributed by atoms with Gasteiger partial charge >= 0.3 is 0 Å². The van der Waals surface area contributed by atoms with Gasteiger partial charge < -0.3 is 16.5 Å². The van der Waals surface area contributed by atoms with Crippen molar-refractivity contribution in [2.24, 2.45) is 10.9 Å². The number of aromatic amines is 2. The number of benzene rings is 2. The molecule has 15 nitrogen and oxygen atoms in total. The van der Waals surface area contributed by atoms with Crippen molar-refractivity contribution in [3.63, 3.8) is 0 Å². The van der Waals surface area contributed by atoms with E-state index in [1.165, 1.54) is 13.0 Å². The van der Waals surface area contributed by atoms with E-state index in [0.29, 0.717) is 16.6 Å². The molecule has 2 aromatic heterocycles. The van der Waals surface area contributed by atoms with Gasteiger partial charge in [-0.05, 0) is 29.8 Å². The van der Waals surface area contributed by atoms with Crippen molar-refractivity contribution in [3.8, 4) is 22.5 Å². The Kier molecular flexibility index (Phi) is 6.01. The molecule has 0 aliphatic heterocycles. The number of primary sulfonamides is 1. The Balaban J connectivity index is 2.06. The van der Waals surface area contributed by atoms with Gasteiger partial charge in [0, 0.05) is 18.0 Å². The van der Waals surface area contributed by atoms with E-state index in [1.54, 1.807) is 18.2 Å². The maximum Gasteiger partial charge on any atom is 0.265 e. The summed E-state index contributed by atoms with van der Waals surface area (Å²) in [6.45, 7) is 1.51. The van der Waals surface area contributed by atoms with E-state index in [4.69, 9.17) is 16.6 Å². The number of carbonyl (C=O) groups is 1. The number of nitrogen functional groups attached to an aromatic ring is 1. The average molecular weight is 521 g/mol. The first kappa shape index (κ1) is 24.2. The molecule has 184 valence electrons. The van der Waals surface area contributed by atoms with E-state index >= 15 is 0 Å². The third-order valence-electron chi connectivity index (χ3n) is 4.84. The van der Waals surface area contributed by atoms with Gasteiger partial charge in [0.1, 0.15) is 9.79 Å². The molecule has 1 atom stereocenters. The third kappa shape index (κ3) is 4.69. The van der Waals surface area contributed by atoms with Gasteiger partial charge in [-0.1, -0.05) is 18.2 Å². The van der Waals surface area contributed by atoms with Crippen molar-refractivity contribution in [1.82, 2.24) is 35.3 Å². The van der Waals surface area contributed by atoms with Gasteiger partial charge in [0.2, 0.25) is 21.8 Å². The van der Waals surface area contributed by atoms with Crippen molar-refractivity contribution in [2.45, 2.75) is 29.2 Å². The number of nitrogens with two attached hydrogens (primary N) is 3. The maximum atomic E-state index is 13.1. The number of H-pyrrole nitrogens is 2. The first-order valence-electron chi connectivity index (χ1n) is 9.88. The molecule has 2 heterocycles. The zero-order chi connectivity index (χ0) is 25.5. The summed E-state index contributed by atoms with van der Waals surface area (Å²) in [6.07, 6.45) is -0.317. The number of carbonyl (C=O) groups excluding carboxylic acids is 1. The van der Waals surface area contributed by atoms with Crippen LogP contribution in [0.1, 0.15) is 13.3 Å². The van der Waals surface area contributed by atoms with Gasteiger partial charge in [0.25, 0.3) is 10.0 Å². The highest BCUT2D eigenvalue weighted by molar-refractivity contribution is 7.92. The highest BCUT2D eigenvalue weighted by Gasteiger charge is 2.33. The normalized spacial score (nSPS) is 13.1. The van der Waals surface area contributed by atoms with Gasteiger partial charge in [-0.3, -0.25) is 4.79 Å². The number of fused-ring (bicyclic) bond motifs is 1. The van der Waals surface area contributed by atoms with Crippen LogP contribution in [0.25, 0.3) is 33.5 Å². The fraction of sp³-hybridized carbons (Fsp3) is 0.167. The Morgan fingerprint density at radius 2 is 1.89 bits per heavy atom. The Bertz CT molecular complexity index is 1640. The maximum absolute atomic E-state index is 13.1. The summed E-state index contributed by atoms with van der Waals surface area (Å²) in [5, 5.41) is 18.8. The van der Waals surface area contributed by atoms with Crippen molar-refractivity contribution in [3.05, 3.63) is 30.3 Å². The van der Waals surface area contributed by atoms with Crippen LogP contribution in [0.2, 0.25) is 0 Å². The van der Waals surface area contributed by atoms with Gasteiger partial charge in [0.15, 0.2) is 5.95 Å². The zero-order valence-corrected chi connectivity index (χ0v) is 19.7. The lowest BCUT2D eigenvalue weighted by Gasteiger charge is -2.17. The zero-order valence-electron chi connectivity index (χ0n) is 18.0. The number of sulfonamides is 2. The lowest BCUT2D eigenvalue weighted by molar-refractivity contribution is -0.119. The SMILES string of the molecule is CC(N)CC(=O)NS(=O)(=O)c1ccc(-c2cccc3[nH]c(N)nc23)c(-c2nn[nH]n2)c1S(N)(=O)=O. The lowest BCUT2D eigenvalue weighted by Crippen LogP contribution is -2.35. The van der Waals surface area contributed by atoms with Crippen LogP contribution in [0.15, 0.2) is 40.1 Å². The third-order valence-corrected chi connectivity index (χ3v) is 7.38. The summed E-state index contributed by atoms with van der Waals surface area (Å²) in [7, 11) is -9.45. The number of para-hydroxylation sites is 1. The Morgan fingerprint density at radius 3 is 2.51 bits per heavy atom. The second kappa shape index (κ2) is 8.69. The number of tetrazole rings is 1. The van der Waals surface area contributed by atoms with E-state index in [1.807, 2.05) is 4.72 Å². The minimum absolute atomic E-state index is 0.108. The standard InChI is InChI=1S/C18H20N10O5S2/c1-8(19)7-13(29)26-35(32,33)12-6-5-9(10-3-2-4-11-15(10)23-18(20)22-11)14(16(12)34(21,30)31)17-24-27-28-25-17/h2-6,8H,7,19H2,1H3,(H,26,29)(H3,20,22,23)(H2,21,30,31)(H,24,25,27,28). The van der Waals surface area contributed by atoms with Gasteiger partial charge in [-0.25, -0.2) is 31.7 Å². The summed E-state index contributed by atoms with van der Waals surface area (Å²) in [5.41, 5.74) is 12.5. The van der Waals surface area contributed by atoms with Gasteiger partial charge in [-0.2, -0.15) is 5.21 Å². The molecule has 1 amide bonds. The molecule has 0 aliphatic rings. The molecule has 0 spiro atoms. The largest absolute Gasteiger partial charge is 0.369 e. The number of aromatic nitrogens is 6. The number of nitrogens with one attached hydrogen (secondary N) is 3. The number of anilines is 1. The molecule has 0 radical (unpaired) electrons. The van der Waals surface area contributed by atoms with Crippen LogP contribution in [0.5, 0.6) is 0 Å². The molecule has 0 aliphatic carbocycles. The van der Waals surface area contributed by atoms with E-state index in [-0.39, 0.29) is 29.3 Å². The fourth-order valence-electron chi connectivity index (χ4n) is 3.58. The van der Waals surface area contributed by atoms with Crippen LogP contribution in [0, 0.1) is 0 Å². The number of nitrogens with zero attached hydrogens (tertiary/aromatic N) is 4. The lowest BCUT2D eigenvalue weighted by atomic mass is 9.98. The van der Waals surface area contributed by atoms with Crippen LogP contribution in [-0.2, 0) is 24.8 Å². The van der Waals surface area contributed by atoms with Crippen LogP contribution < -0.4 is 21.3 Å². The quantitative estimate of drug-likeness (QED) is 0.175. The molecule has 1 unspecified atom stereocenters. The summed E-state index contributed by atoms with van der Waals surface area (Å²) in [4.78, 5) is 17.6. The monoisotopic (exact) mass is 520 g/mol. The van der Waals surface area contributed by atoms with Crippen molar-refractivity contribution < 1.29 is 21.6 Å². The minimum Gasteiger partial charge on any atom is -0.369 e. The number of hydrogen-bond donors (Lipinski definition) is 6. The van der Waals surface area contributed by atoms with E-state index in [0.717, 1.165) is 6.07 Å². The number of imidazole rings is 1. The minimum atomic E-state index is -4.74. The number of hydrogen-bond acceptors (Lipinski definition) is 11. The van der Waals surface area contributed by atoms with E-state index in [9.17, 15) is 21.6 Å².